The SMILES string of the molecule is c1ccc(O[Si](c2ccccc2)c2cccc(N(c3ccccc3)c3ccccc3)c2)cc1. The van der Waals surface area contributed by atoms with Crippen molar-refractivity contribution in [3.63, 3.8) is 0 Å². The topological polar surface area (TPSA) is 12.5 Å². The quantitative estimate of drug-likeness (QED) is 0.273. The Morgan fingerprint density at radius 1 is 0.424 bits per heavy atom. The molecular formula is C30H24NOSi. The van der Waals surface area contributed by atoms with Gasteiger partial charge in [-0.3, -0.25) is 0 Å². The number of rotatable bonds is 7. The van der Waals surface area contributed by atoms with Gasteiger partial charge in [-0.15, -0.1) is 0 Å². The molecule has 2 nitrogen and oxygen atoms in total. The largest absolute Gasteiger partial charge is 0.533 e. The first-order valence-corrected chi connectivity index (χ1v) is 12.5. The lowest BCUT2D eigenvalue weighted by Gasteiger charge is -2.26. The monoisotopic (exact) mass is 442 g/mol. The third-order valence-corrected chi connectivity index (χ3v) is 7.53. The Kier molecular flexibility index (Phi) is 6.32. The predicted octanol–water partition coefficient (Wildman–Crippen LogP) is 6.34. The number of hydrogen-bond donors (Lipinski definition) is 0. The fourth-order valence-corrected chi connectivity index (χ4v) is 5.83. The number of anilines is 3. The Hall–Kier alpha value is -4.08. The molecule has 0 bridgehead atoms. The average Bonchev–Trinajstić information content (AvgIpc) is 2.90. The van der Waals surface area contributed by atoms with Gasteiger partial charge in [0, 0.05) is 17.1 Å². The third kappa shape index (κ3) is 4.89. The molecule has 0 spiro atoms. The van der Waals surface area contributed by atoms with Crippen LogP contribution in [0.1, 0.15) is 0 Å². The van der Waals surface area contributed by atoms with Crippen LogP contribution in [-0.2, 0) is 0 Å². The lowest BCUT2D eigenvalue weighted by Crippen LogP contribution is -2.47. The molecule has 0 saturated heterocycles. The minimum absolute atomic E-state index is 0.892. The van der Waals surface area contributed by atoms with Crippen molar-refractivity contribution >= 4 is 36.5 Å². The normalized spacial score (nSPS) is 10.7. The van der Waals surface area contributed by atoms with Crippen molar-refractivity contribution in [2.75, 3.05) is 4.90 Å². The van der Waals surface area contributed by atoms with Gasteiger partial charge in [0.25, 0.3) is 0 Å². The van der Waals surface area contributed by atoms with Crippen molar-refractivity contribution < 1.29 is 4.43 Å². The van der Waals surface area contributed by atoms with Crippen LogP contribution in [0, 0.1) is 0 Å². The maximum atomic E-state index is 6.62. The van der Waals surface area contributed by atoms with Gasteiger partial charge in [0.2, 0.25) is 0 Å². The molecule has 0 heterocycles. The second-order valence-corrected chi connectivity index (χ2v) is 9.68. The molecule has 0 aliphatic rings. The van der Waals surface area contributed by atoms with E-state index >= 15 is 0 Å². The Balaban J connectivity index is 1.59. The van der Waals surface area contributed by atoms with Crippen LogP contribution in [0.4, 0.5) is 17.1 Å². The van der Waals surface area contributed by atoms with Crippen molar-refractivity contribution in [2.45, 2.75) is 0 Å². The summed E-state index contributed by atoms with van der Waals surface area (Å²) in [6.07, 6.45) is 0. The van der Waals surface area contributed by atoms with Crippen molar-refractivity contribution in [1.82, 2.24) is 0 Å². The summed E-state index contributed by atoms with van der Waals surface area (Å²) in [5.41, 5.74) is 3.36. The summed E-state index contributed by atoms with van der Waals surface area (Å²) in [6, 6.07) is 50.4. The Bertz CT molecular complexity index is 1240. The van der Waals surface area contributed by atoms with E-state index in [9.17, 15) is 0 Å². The average molecular weight is 443 g/mol. The zero-order valence-corrected chi connectivity index (χ0v) is 19.2. The smallest absolute Gasteiger partial charge is 0.352 e. The van der Waals surface area contributed by atoms with Crippen molar-refractivity contribution in [3.8, 4) is 5.75 Å². The van der Waals surface area contributed by atoms with Gasteiger partial charge >= 0.3 is 9.04 Å². The van der Waals surface area contributed by atoms with Crippen LogP contribution >= 0.6 is 0 Å². The van der Waals surface area contributed by atoms with Gasteiger partial charge in [-0.2, -0.15) is 0 Å². The Morgan fingerprint density at radius 3 is 1.45 bits per heavy atom. The highest BCUT2D eigenvalue weighted by Gasteiger charge is 2.23. The van der Waals surface area contributed by atoms with Gasteiger partial charge in [-0.05, 0) is 58.9 Å². The van der Waals surface area contributed by atoms with Gasteiger partial charge in [-0.25, -0.2) is 0 Å². The molecule has 5 aromatic rings. The van der Waals surface area contributed by atoms with E-state index in [4.69, 9.17) is 4.43 Å². The fourth-order valence-electron chi connectivity index (χ4n) is 3.87. The molecule has 0 aromatic heterocycles. The molecule has 0 N–H and O–H groups in total. The zero-order chi connectivity index (χ0) is 22.3. The van der Waals surface area contributed by atoms with Crippen molar-refractivity contribution in [2.24, 2.45) is 0 Å². The molecule has 5 rings (SSSR count). The summed E-state index contributed by atoms with van der Waals surface area (Å²) in [5.74, 6) is 0.892. The van der Waals surface area contributed by atoms with Crippen molar-refractivity contribution in [1.29, 1.82) is 0 Å². The highest BCUT2D eigenvalue weighted by molar-refractivity contribution is 6.80. The molecule has 0 amide bonds. The minimum Gasteiger partial charge on any atom is -0.533 e. The van der Waals surface area contributed by atoms with E-state index in [1.54, 1.807) is 0 Å². The van der Waals surface area contributed by atoms with Gasteiger partial charge in [-0.1, -0.05) is 97.1 Å². The molecule has 159 valence electrons. The minimum atomic E-state index is -1.50. The van der Waals surface area contributed by atoms with Crippen molar-refractivity contribution in [3.05, 3.63) is 146 Å². The highest BCUT2D eigenvalue weighted by atomic mass is 28.3. The summed E-state index contributed by atoms with van der Waals surface area (Å²) in [4.78, 5) is 2.29. The first-order valence-electron chi connectivity index (χ1n) is 11.0. The third-order valence-electron chi connectivity index (χ3n) is 5.39. The maximum absolute atomic E-state index is 6.62. The van der Waals surface area contributed by atoms with Gasteiger partial charge in [0.15, 0.2) is 0 Å². The van der Waals surface area contributed by atoms with Gasteiger partial charge < -0.3 is 9.33 Å². The van der Waals surface area contributed by atoms with Gasteiger partial charge in [0.05, 0.1) is 0 Å². The zero-order valence-electron chi connectivity index (χ0n) is 18.2. The van der Waals surface area contributed by atoms with E-state index in [0.29, 0.717) is 0 Å². The van der Waals surface area contributed by atoms with Crippen LogP contribution < -0.4 is 19.7 Å². The van der Waals surface area contributed by atoms with E-state index in [1.165, 1.54) is 10.4 Å². The number of nitrogens with zero attached hydrogens (tertiary/aromatic N) is 1. The Labute approximate surface area is 197 Å². The molecule has 0 aliphatic carbocycles. The van der Waals surface area contributed by atoms with E-state index in [2.05, 4.69) is 108 Å². The van der Waals surface area contributed by atoms with Crippen LogP contribution in [0.2, 0.25) is 0 Å². The highest BCUT2D eigenvalue weighted by Crippen LogP contribution is 2.33. The summed E-state index contributed by atoms with van der Waals surface area (Å²) in [5, 5.41) is 2.42. The standard InChI is InChI=1S/C30H24NOSi/c1-5-14-25(15-6-1)31(26-16-7-2-8-17-26)27-18-13-23-30(24-27)33(29-21-11-4-12-22-29)32-28-19-9-3-10-20-28/h1-24H. The molecule has 0 saturated carbocycles. The molecule has 33 heavy (non-hydrogen) atoms. The number of para-hydroxylation sites is 3. The molecule has 1 radical (unpaired) electrons. The molecular weight excluding hydrogens is 418 g/mol. The fraction of sp³-hybridized carbons (Fsp3) is 0. The first-order chi connectivity index (χ1) is 16.4. The molecule has 0 atom stereocenters. The summed E-state index contributed by atoms with van der Waals surface area (Å²) in [7, 11) is -1.50. The van der Waals surface area contributed by atoms with Gasteiger partial charge in [0.1, 0.15) is 5.75 Å². The molecule has 0 fully saturated rings. The molecule has 0 aliphatic heterocycles. The Morgan fingerprint density at radius 2 is 0.879 bits per heavy atom. The number of hydrogen-bond acceptors (Lipinski definition) is 2. The summed E-state index contributed by atoms with van der Waals surface area (Å²) in [6.45, 7) is 0. The molecule has 0 unspecified atom stereocenters. The molecule has 5 aromatic carbocycles. The lowest BCUT2D eigenvalue weighted by molar-refractivity contribution is 0.592. The van der Waals surface area contributed by atoms with Crippen LogP contribution in [0.5, 0.6) is 5.75 Å². The predicted molar refractivity (Wildman–Crippen MR) is 140 cm³/mol. The second kappa shape index (κ2) is 10.0. The van der Waals surface area contributed by atoms with Crippen LogP contribution in [0.25, 0.3) is 0 Å². The van der Waals surface area contributed by atoms with E-state index in [1.807, 2.05) is 42.5 Å². The first kappa shape index (κ1) is 20.8. The van der Waals surface area contributed by atoms with Crippen LogP contribution in [0.3, 0.4) is 0 Å². The molecule has 3 heteroatoms. The summed E-state index contributed by atoms with van der Waals surface area (Å²) < 4.78 is 6.62. The van der Waals surface area contributed by atoms with Crippen LogP contribution in [0.15, 0.2) is 146 Å². The van der Waals surface area contributed by atoms with E-state index in [-0.39, 0.29) is 0 Å². The maximum Gasteiger partial charge on any atom is 0.352 e. The van der Waals surface area contributed by atoms with E-state index in [0.717, 1.165) is 22.8 Å². The number of benzene rings is 5. The van der Waals surface area contributed by atoms with E-state index < -0.39 is 9.04 Å². The second-order valence-electron chi connectivity index (χ2n) is 7.67. The van der Waals surface area contributed by atoms with Crippen LogP contribution in [-0.4, -0.2) is 9.04 Å². The lowest BCUT2D eigenvalue weighted by atomic mass is 10.2. The summed E-state index contributed by atoms with van der Waals surface area (Å²) >= 11 is 0.